The molecule has 0 atom stereocenters. The number of nitrogens with zero attached hydrogens (tertiary/aromatic N) is 1. The van der Waals surface area contributed by atoms with Crippen molar-refractivity contribution in [3.05, 3.63) is 151 Å². The van der Waals surface area contributed by atoms with Crippen LogP contribution in [0.2, 0.25) is 0 Å². The number of rotatable bonds is 3. The van der Waals surface area contributed by atoms with Crippen LogP contribution in [0.1, 0.15) is 25.0 Å². The molecule has 0 spiro atoms. The maximum Gasteiger partial charge on any atom is 0.147 e. The molecule has 2 aromatic heterocycles. The molecular weight excluding hydrogens is 562 g/mol. The Hall–Kier alpha value is -5.80. The van der Waals surface area contributed by atoms with Gasteiger partial charge in [0.2, 0.25) is 0 Å². The molecule has 0 saturated carbocycles. The van der Waals surface area contributed by atoms with Crippen LogP contribution in [0.15, 0.2) is 148 Å². The second kappa shape index (κ2) is 9.12. The normalized spacial score (nSPS) is 13.6. The first-order valence-corrected chi connectivity index (χ1v) is 15.9. The van der Waals surface area contributed by atoms with Crippen LogP contribution >= 0.6 is 0 Å². The smallest absolute Gasteiger partial charge is 0.147 e. The van der Waals surface area contributed by atoms with Gasteiger partial charge in [0.1, 0.15) is 22.3 Å². The highest BCUT2D eigenvalue weighted by molar-refractivity contribution is 6.33. The van der Waals surface area contributed by atoms with Crippen molar-refractivity contribution in [1.29, 1.82) is 0 Å². The number of furan rings is 2. The van der Waals surface area contributed by atoms with Crippen LogP contribution in [0.5, 0.6) is 0 Å². The number of hydrogen-bond acceptors (Lipinski definition) is 3. The molecule has 1 aliphatic rings. The lowest BCUT2D eigenvalue weighted by Crippen LogP contribution is -2.16. The minimum atomic E-state index is -0.0906. The summed E-state index contributed by atoms with van der Waals surface area (Å²) in [7, 11) is 0. The van der Waals surface area contributed by atoms with E-state index in [1.165, 1.54) is 22.3 Å². The van der Waals surface area contributed by atoms with E-state index < -0.39 is 0 Å². The molecule has 10 rings (SSSR count). The fourth-order valence-electron chi connectivity index (χ4n) is 7.88. The molecule has 0 radical (unpaired) electrons. The topological polar surface area (TPSA) is 29.5 Å². The average molecular weight is 592 g/mol. The zero-order valence-electron chi connectivity index (χ0n) is 25.5. The van der Waals surface area contributed by atoms with Crippen molar-refractivity contribution in [3.8, 4) is 11.1 Å². The molecule has 46 heavy (non-hydrogen) atoms. The first kappa shape index (κ1) is 25.5. The van der Waals surface area contributed by atoms with Crippen LogP contribution in [0.4, 0.5) is 17.1 Å². The summed E-state index contributed by atoms with van der Waals surface area (Å²) in [6.45, 7) is 4.67. The van der Waals surface area contributed by atoms with E-state index >= 15 is 0 Å². The maximum atomic E-state index is 6.73. The maximum absolute atomic E-state index is 6.73. The molecule has 7 aromatic carbocycles. The van der Waals surface area contributed by atoms with Crippen molar-refractivity contribution in [2.75, 3.05) is 4.90 Å². The Morgan fingerprint density at radius 1 is 0.435 bits per heavy atom. The van der Waals surface area contributed by atoms with Gasteiger partial charge in [-0.05, 0) is 76.2 Å². The van der Waals surface area contributed by atoms with Crippen LogP contribution in [0.3, 0.4) is 0 Å². The van der Waals surface area contributed by atoms with Crippen LogP contribution in [-0.4, -0.2) is 0 Å². The SMILES string of the molecule is CC1(C)c2ccccc2-c2ccc(N(c3ccccc3)c3ccc4oc5c(c4c3)c3ccccc3c3oc4ccccc4c35)cc21. The number of para-hydroxylation sites is 2. The van der Waals surface area contributed by atoms with Crippen LogP contribution in [-0.2, 0) is 5.41 Å². The van der Waals surface area contributed by atoms with Crippen LogP contribution < -0.4 is 4.90 Å². The molecule has 0 aliphatic heterocycles. The average Bonchev–Trinajstić information content (AvgIpc) is 3.74. The summed E-state index contributed by atoms with van der Waals surface area (Å²) in [6.07, 6.45) is 0. The Bertz CT molecular complexity index is 2670. The van der Waals surface area contributed by atoms with E-state index in [4.69, 9.17) is 8.83 Å². The molecule has 2 heterocycles. The Morgan fingerprint density at radius 2 is 1.07 bits per heavy atom. The molecule has 3 heteroatoms. The number of fused-ring (bicyclic) bond motifs is 13. The molecule has 0 fully saturated rings. The van der Waals surface area contributed by atoms with Gasteiger partial charge in [0.15, 0.2) is 0 Å². The van der Waals surface area contributed by atoms with E-state index in [2.05, 4.69) is 146 Å². The van der Waals surface area contributed by atoms with Crippen molar-refractivity contribution in [3.63, 3.8) is 0 Å². The minimum absolute atomic E-state index is 0.0906. The summed E-state index contributed by atoms with van der Waals surface area (Å²) in [5.41, 5.74) is 12.1. The van der Waals surface area contributed by atoms with Gasteiger partial charge in [-0.15, -0.1) is 0 Å². The summed E-state index contributed by atoms with van der Waals surface area (Å²) >= 11 is 0. The number of anilines is 3. The second-order valence-corrected chi connectivity index (χ2v) is 12.9. The van der Waals surface area contributed by atoms with Crippen molar-refractivity contribution < 1.29 is 8.83 Å². The summed E-state index contributed by atoms with van der Waals surface area (Å²) in [5, 5.41) is 6.52. The summed E-state index contributed by atoms with van der Waals surface area (Å²) < 4.78 is 13.2. The number of benzene rings is 7. The van der Waals surface area contributed by atoms with Gasteiger partial charge in [0.25, 0.3) is 0 Å². The van der Waals surface area contributed by atoms with Gasteiger partial charge in [-0.3, -0.25) is 0 Å². The van der Waals surface area contributed by atoms with Crippen molar-refractivity contribution in [1.82, 2.24) is 0 Å². The quantitative estimate of drug-likeness (QED) is 0.205. The zero-order chi connectivity index (χ0) is 30.6. The molecule has 0 amide bonds. The van der Waals surface area contributed by atoms with Crippen LogP contribution in [0, 0.1) is 0 Å². The summed E-state index contributed by atoms with van der Waals surface area (Å²) in [6, 6.07) is 49.8. The van der Waals surface area contributed by atoms with E-state index in [0.29, 0.717) is 0 Å². The highest BCUT2D eigenvalue weighted by Gasteiger charge is 2.35. The van der Waals surface area contributed by atoms with Gasteiger partial charge in [-0.2, -0.15) is 0 Å². The molecular formula is C43H29NO2. The van der Waals surface area contributed by atoms with Gasteiger partial charge in [-0.25, -0.2) is 0 Å². The third-order valence-electron chi connectivity index (χ3n) is 10.0. The predicted molar refractivity (Wildman–Crippen MR) is 191 cm³/mol. The van der Waals surface area contributed by atoms with E-state index in [0.717, 1.165) is 71.7 Å². The summed E-state index contributed by atoms with van der Waals surface area (Å²) in [4.78, 5) is 2.37. The van der Waals surface area contributed by atoms with E-state index in [9.17, 15) is 0 Å². The highest BCUT2D eigenvalue weighted by Crippen LogP contribution is 2.51. The van der Waals surface area contributed by atoms with E-state index in [1.807, 2.05) is 12.1 Å². The molecule has 218 valence electrons. The van der Waals surface area contributed by atoms with Gasteiger partial charge in [0.05, 0.1) is 5.39 Å². The van der Waals surface area contributed by atoms with Crippen molar-refractivity contribution >= 4 is 71.7 Å². The van der Waals surface area contributed by atoms with Gasteiger partial charge in [0, 0.05) is 44.0 Å². The van der Waals surface area contributed by atoms with Crippen molar-refractivity contribution in [2.45, 2.75) is 19.3 Å². The van der Waals surface area contributed by atoms with Gasteiger partial charge in [-0.1, -0.05) is 105 Å². The second-order valence-electron chi connectivity index (χ2n) is 12.9. The molecule has 0 bridgehead atoms. The third kappa shape index (κ3) is 3.37. The first-order chi connectivity index (χ1) is 22.6. The lowest BCUT2D eigenvalue weighted by Gasteiger charge is -2.28. The standard InChI is InChI=1S/C43H29NO2/c1-43(2)35-18-10-8-14-29(35)30-22-20-28(25-36(30)43)44(26-12-4-3-5-13-26)27-21-23-38-34(24-27)39-31-15-6-7-16-32(31)41-40(42(39)46-38)33-17-9-11-19-37(33)45-41/h3-25H,1-2H3. The zero-order valence-corrected chi connectivity index (χ0v) is 25.5. The fourth-order valence-corrected chi connectivity index (χ4v) is 7.88. The van der Waals surface area contributed by atoms with Gasteiger partial charge >= 0.3 is 0 Å². The van der Waals surface area contributed by atoms with E-state index in [1.54, 1.807) is 0 Å². The van der Waals surface area contributed by atoms with Crippen molar-refractivity contribution in [2.24, 2.45) is 0 Å². The summed E-state index contributed by atoms with van der Waals surface area (Å²) in [5.74, 6) is 0. The molecule has 1 aliphatic carbocycles. The number of hydrogen-bond donors (Lipinski definition) is 0. The molecule has 0 N–H and O–H groups in total. The lowest BCUT2D eigenvalue weighted by atomic mass is 9.82. The van der Waals surface area contributed by atoms with Crippen LogP contribution in [0.25, 0.3) is 65.8 Å². The highest BCUT2D eigenvalue weighted by atomic mass is 16.3. The monoisotopic (exact) mass is 591 g/mol. The Morgan fingerprint density at radius 3 is 1.93 bits per heavy atom. The molecule has 0 unspecified atom stereocenters. The first-order valence-electron chi connectivity index (χ1n) is 15.9. The predicted octanol–water partition coefficient (Wildman–Crippen LogP) is 12.4. The largest absolute Gasteiger partial charge is 0.455 e. The Balaban J connectivity index is 1.25. The third-order valence-corrected chi connectivity index (χ3v) is 10.0. The molecule has 0 saturated heterocycles. The van der Waals surface area contributed by atoms with E-state index in [-0.39, 0.29) is 5.41 Å². The minimum Gasteiger partial charge on any atom is -0.455 e. The molecule has 3 nitrogen and oxygen atoms in total. The fraction of sp³-hybridized carbons (Fsp3) is 0.0698. The lowest BCUT2D eigenvalue weighted by molar-refractivity contribution is 0.660. The van der Waals surface area contributed by atoms with Gasteiger partial charge < -0.3 is 13.7 Å². The Labute approximate surface area is 265 Å². The molecule has 9 aromatic rings. The Kier molecular flexibility index (Phi) is 5.06.